The molecule has 0 bridgehead atoms. The highest BCUT2D eigenvalue weighted by Gasteiger charge is 2.08. The third-order valence-electron chi connectivity index (χ3n) is 1.94. The van der Waals surface area contributed by atoms with Crippen molar-refractivity contribution in [2.45, 2.75) is 47.0 Å². The number of ether oxygens (including phenoxy) is 3. The highest BCUT2D eigenvalue weighted by Crippen LogP contribution is 1.97. The van der Waals surface area contributed by atoms with Gasteiger partial charge in [-0.05, 0) is 34.6 Å². The Balaban J connectivity index is 4.08. The molecule has 18 heavy (non-hydrogen) atoms. The van der Waals surface area contributed by atoms with Gasteiger partial charge in [-0.15, -0.1) is 0 Å². The maximum atomic E-state index is 11.4. The van der Waals surface area contributed by atoms with Crippen LogP contribution in [0.15, 0.2) is 11.8 Å². The van der Waals surface area contributed by atoms with Crippen LogP contribution in [0.5, 0.6) is 0 Å². The molecule has 106 valence electrons. The molecule has 0 aromatic rings. The lowest BCUT2D eigenvalue weighted by molar-refractivity contribution is -0.141. The van der Waals surface area contributed by atoms with Crippen LogP contribution in [0, 0.1) is 0 Å². The van der Waals surface area contributed by atoms with Gasteiger partial charge in [-0.3, -0.25) is 0 Å². The second kappa shape index (κ2) is 9.91. The Morgan fingerprint density at radius 3 is 2.22 bits per heavy atom. The number of hydrogen-bond acceptors (Lipinski definition) is 5. The second-order valence-electron chi connectivity index (χ2n) is 4.03. The first-order chi connectivity index (χ1) is 8.49. The smallest absolute Gasteiger partial charge is 0.332 e. The molecular weight excluding hydrogens is 234 g/mol. The number of allylic oxidation sites excluding steroid dienone is 1. The predicted molar refractivity (Wildman–Crippen MR) is 70.0 cm³/mol. The van der Waals surface area contributed by atoms with Crippen LogP contribution in [0.1, 0.15) is 34.6 Å². The maximum absolute atomic E-state index is 11.4. The molecule has 0 spiro atoms. The highest BCUT2D eigenvalue weighted by molar-refractivity contribution is 5.82. The zero-order valence-electron chi connectivity index (χ0n) is 12.0. The number of hydrogen-bond donors (Lipinski definition) is 1. The molecule has 0 saturated carbocycles. The standard InChI is InChI=1S/C13H25NO4/c1-6-16-13(17-7-2)9-14-11(5)8-12(15)18-10(3)4/h8,10,13-14H,6-7,9H2,1-5H3/b11-8+. The summed E-state index contributed by atoms with van der Waals surface area (Å²) in [6.07, 6.45) is 1.01. The maximum Gasteiger partial charge on any atom is 0.332 e. The topological polar surface area (TPSA) is 56.8 Å². The van der Waals surface area contributed by atoms with E-state index in [0.29, 0.717) is 19.8 Å². The Morgan fingerprint density at radius 1 is 1.22 bits per heavy atom. The van der Waals surface area contributed by atoms with Crippen LogP contribution in [-0.2, 0) is 19.0 Å². The van der Waals surface area contributed by atoms with E-state index in [-0.39, 0.29) is 18.4 Å². The molecule has 5 nitrogen and oxygen atoms in total. The molecule has 0 unspecified atom stereocenters. The summed E-state index contributed by atoms with van der Waals surface area (Å²) in [6.45, 7) is 10.9. The van der Waals surface area contributed by atoms with E-state index in [2.05, 4.69) is 5.32 Å². The Labute approximate surface area is 109 Å². The Hall–Kier alpha value is -1.07. The minimum atomic E-state index is -0.348. The van der Waals surface area contributed by atoms with Crippen LogP contribution in [-0.4, -0.2) is 38.1 Å². The molecule has 0 amide bonds. The Morgan fingerprint density at radius 2 is 1.78 bits per heavy atom. The largest absolute Gasteiger partial charge is 0.460 e. The van der Waals surface area contributed by atoms with Gasteiger partial charge in [-0.2, -0.15) is 0 Å². The number of carbonyl (C=O) groups excluding carboxylic acids is 1. The van der Waals surface area contributed by atoms with Crippen molar-refractivity contribution >= 4 is 5.97 Å². The molecule has 0 rings (SSSR count). The fraction of sp³-hybridized carbons (Fsp3) is 0.769. The number of esters is 1. The van der Waals surface area contributed by atoms with Gasteiger partial charge in [0.1, 0.15) is 0 Å². The summed E-state index contributed by atoms with van der Waals surface area (Å²) in [5, 5.41) is 3.07. The van der Waals surface area contributed by atoms with E-state index < -0.39 is 0 Å². The van der Waals surface area contributed by atoms with Crippen molar-refractivity contribution < 1.29 is 19.0 Å². The highest BCUT2D eigenvalue weighted by atomic mass is 16.7. The minimum absolute atomic E-state index is 0.110. The van der Waals surface area contributed by atoms with Crippen molar-refractivity contribution in [2.75, 3.05) is 19.8 Å². The van der Waals surface area contributed by atoms with Crippen LogP contribution in [0.4, 0.5) is 0 Å². The Kier molecular flexibility index (Phi) is 9.32. The molecule has 0 saturated heterocycles. The van der Waals surface area contributed by atoms with E-state index in [4.69, 9.17) is 14.2 Å². The molecule has 0 atom stereocenters. The van der Waals surface area contributed by atoms with Crippen molar-refractivity contribution in [3.8, 4) is 0 Å². The average molecular weight is 259 g/mol. The van der Waals surface area contributed by atoms with Crippen molar-refractivity contribution in [3.05, 3.63) is 11.8 Å². The number of carbonyl (C=O) groups is 1. The van der Waals surface area contributed by atoms with Crippen molar-refractivity contribution in [2.24, 2.45) is 0 Å². The van der Waals surface area contributed by atoms with Gasteiger partial charge in [-0.25, -0.2) is 4.79 Å². The molecule has 0 fully saturated rings. The van der Waals surface area contributed by atoms with Crippen molar-refractivity contribution in [1.82, 2.24) is 5.32 Å². The van der Waals surface area contributed by atoms with E-state index >= 15 is 0 Å². The van der Waals surface area contributed by atoms with Gasteiger partial charge >= 0.3 is 5.97 Å². The molecule has 0 aliphatic carbocycles. The number of nitrogens with one attached hydrogen (secondary N) is 1. The van der Waals surface area contributed by atoms with E-state index in [1.54, 1.807) is 6.92 Å². The Bertz CT molecular complexity index is 258. The predicted octanol–water partition coefficient (Wildman–Crippen LogP) is 1.83. The molecule has 5 heteroatoms. The van der Waals surface area contributed by atoms with E-state index in [1.807, 2.05) is 27.7 Å². The average Bonchev–Trinajstić information content (AvgIpc) is 2.25. The summed E-state index contributed by atoms with van der Waals surface area (Å²) < 4.78 is 15.8. The third-order valence-corrected chi connectivity index (χ3v) is 1.94. The monoisotopic (exact) mass is 259 g/mol. The van der Waals surface area contributed by atoms with E-state index in [0.717, 1.165) is 5.70 Å². The van der Waals surface area contributed by atoms with Gasteiger partial charge in [-0.1, -0.05) is 0 Å². The molecule has 0 heterocycles. The molecule has 0 aromatic carbocycles. The first-order valence-corrected chi connectivity index (χ1v) is 6.35. The van der Waals surface area contributed by atoms with Crippen LogP contribution in [0.3, 0.4) is 0 Å². The molecule has 0 aliphatic rings. The molecular formula is C13H25NO4. The lowest BCUT2D eigenvalue weighted by atomic mass is 10.4. The molecule has 0 aromatic heterocycles. The molecule has 0 aliphatic heterocycles. The van der Waals surface area contributed by atoms with Crippen molar-refractivity contribution in [1.29, 1.82) is 0 Å². The lowest BCUT2D eigenvalue weighted by Crippen LogP contribution is -2.31. The summed E-state index contributed by atoms with van der Waals surface area (Å²) in [5.41, 5.74) is 0.727. The summed E-state index contributed by atoms with van der Waals surface area (Å²) in [7, 11) is 0. The molecule has 0 radical (unpaired) electrons. The summed E-state index contributed by atoms with van der Waals surface area (Å²) in [5.74, 6) is -0.348. The van der Waals surface area contributed by atoms with Gasteiger partial charge in [0.2, 0.25) is 0 Å². The van der Waals surface area contributed by atoms with E-state index in [9.17, 15) is 4.79 Å². The summed E-state index contributed by atoms with van der Waals surface area (Å²) in [4.78, 5) is 11.4. The SMILES string of the molecule is CCOC(CN/C(C)=C/C(=O)OC(C)C)OCC. The second-order valence-corrected chi connectivity index (χ2v) is 4.03. The van der Waals surface area contributed by atoms with E-state index in [1.165, 1.54) is 6.08 Å². The fourth-order valence-electron chi connectivity index (χ4n) is 1.28. The zero-order chi connectivity index (χ0) is 14.0. The fourth-order valence-corrected chi connectivity index (χ4v) is 1.28. The lowest BCUT2D eigenvalue weighted by Gasteiger charge is -2.18. The van der Waals surface area contributed by atoms with Crippen LogP contribution in [0.2, 0.25) is 0 Å². The molecule has 1 N–H and O–H groups in total. The first kappa shape index (κ1) is 16.9. The first-order valence-electron chi connectivity index (χ1n) is 6.35. The van der Waals surface area contributed by atoms with Crippen molar-refractivity contribution in [3.63, 3.8) is 0 Å². The zero-order valence-corrected chi connectivity index (χ0v) is 12.0. The summed E-state index contributed by atoms with van der Waals surface area (Å²) in [6, 6.07) is 0. The summed E-state index contributed by atoms with van der Waals surface area (Å²) >= 11 is 0. The van der Waals surface area contributed by atoms with Gasteiger partial charge in [0.05, 0.1) is 12.6 Å². The number of rotatable bonds is 9. The normalized spacial score (nSPS) is 12.1. The minimum Gasteiger partial charge on any atom is -0.460 e. The third kappa shape index (κ3) is 9.01. The quantitative estimate of drug-likeness (QED) is 0.389. The van der Waals surface area contributed by atoms with Gasteiger partial charge in [0, 0.05) is 25.0 Å². The van der Waals surface area contributed by atoms with Gasteiger partial charge < -0.3 is 19.5 Å². The van der Waals surface area contributed by atoms with Crippen LogP contribution in [0.25, 0.3) is 0 Å². The van der Waals surface area contributed by atoms with Crippen LogP contribution >= 0.6 is 0 Å². The van der Waals surface area contributed by atoms with Gasteiger partial charge in [0.15, 0.2) is 6.29 Å². The van der Waals surface area contributed by atoms with Gasteiger partial charge in [0.25, 0.3) is 0 Å². The van der Waals surface area contributed by atoms with Crippen LogP contribution < -0.4 is 5.32 Å².